The quantitative estimate of drug-likeness (QED) is 0.926. The van der Waals surface area contributed by atoms with Gasteiger partial charge in [0.15, 0.2) is 5.13 Å². The molecule has 0 aromatic carbocycles. The number of carboxylic acids is 1. The van der Waals surface area contributed by atoms with Gasteiger partial charge in [-0.3, -0.25) is 4.57 Å². The Balaban J connectivity index is 2.60. The van der Waals surface area contributed by atoms with Gasteiger partial charge >= 0.3 is 5.97 Å². The third-order valence-corrected chi connectivity index (χ3v) is 4.07. The normalized spacial score (nSPS) is 10.9. The van der Waals surface area contributed by atoms with E-state index in [4.69, 9.17) is 5.11 Å². The summed E-state index contributed by atoms with van der Waals surface area (Å²) in [6, 6.07) is 1.69. The Bertz CT molecular complexity index is 611. The summed E-state index contributed by atoms with van der Waals surface area (Å²) in [4.78, 5) is 16.9. The highest BCUT2D eigenvalue weighted by Crippen LogP contribution is 2.26. The van der Waals surface area contributed by atoms with Crippen molar-refractivity contribution in [1.82, 2.24) is 9.55 Å². The highest BCUT2D eigenvalue weighted by molar-refractivity contribution is 7.14. The second kappa shape index (κ2) is 4.57. The van der Waals surface area contributed by atoms with Gasteiger partial charge in [0.05, 0.1) is 11.3 Å². The monoisotopic (exact) mass is 264 g/mol. The topological polar surface area (TPSA) is 55.1 Å². The van der Waals surface area contributed by atoms with E-state index in [1.165, 1.54) is 4.88 Å². The molecule has 0 bridgehead atoms. The molecule has 0 aliphatic carbocycles. The first-order valence-electron chi connectivity index (χ1n) is 5.84. The summed E-state index contributed by atoms with van der Waals surface area (Å²) in [5, 5.41) is 9.98. The summed E-state index contributed by atoms with van der Waals surface area (Å²) in [5.41, 5.74) is 3.07. The Morgan fingerprint density at radius 2 is 2.11 bits per heavy atom. The zero-order chi connectivity index (χ0) is 13.4. The average molecular weight is 264 g/mol. The number of nitrogens with zero attached hydrogens (tertiary/aromatic N) is 2. The van der Waals surface area contributed by atoms with E-state index in [0.717, 1.165) is 28.6 Å². The average Bonchev–Trinajstić information content (AvgIpc) is 2.79. The van der Waals surface area contributed by atoms with Crippen LogP contribution in [0.4, 0.5) is 0 Å². The molecule has 2 heterocycles. The van der Waals surface area contributed by atoms with Crippen molar-refractivity contribution in [3.05, 3.63) is 33.6 Å². The fraction of sp³-hybridized carbons (Fsp3) is 0.385. The van der Waals surface area contributed by atoms with Crippen LogP contribution >= 0.6 is 11.3 Å². The van der Waals surface area contributed by atoms with Crippen molar-refractivity contribution in [3.8, 4) is 5.13 Å². The summed E-state index contributed by atoms with van der Waals surface area (Å²) in [6.07, 6.45) is 0.896. The van der Waals surface area contributed by atoms with Crippen LogP contribution in [0, 0.1) is 20.8 Å². The molecule has 5 heteroatoms. The number of aromatic carboxylic acids is 1. The number of aromatic nitrogens is 2. The highest BCUT2D eigenvalue weighted by atomic mass is 32.1. The smallest absolute Gasteiger partial charge is 0.337 e. The molecule has 0 saturated carbocycles. The van der Waals surface area contributed by atoms with Crippen LogP contribution in [0.25, 0.3) is 5.13 Å². The van der Waals surface area contributed by atoms with Crippen LogP contribution in [-0.4, -0.2) is 20.6 Å². The summed E-state index contributed by atoms with van der Waals surface area (Å²) in [5.74, 6) is -0.890. The van der Waals surface area contributed by atoms with Crippen LogP contribution in [-0.2, 0) is 6.42 Å². The second-order valence-corrected chi connectivity index (χ2v) is 5.46. The zero-order valence-corrected chi connectivity index (χ0v) is 11.8. The SMILES string of the molecule is CCc1nc(-n2c(C)cc(C(=O)O)c2C)sc1C. The lowest BCUT2D eigenvalue weighted by Gasteiger charge is -2.04. The first-order valence-corrected chi connectivity index (χ1v) is 6.66. The fourth-order valence-electron chi connectivity index (χ4n) is 2.11. The standard InChI is InChI=1S/C13H16N2O2S/c1-5-11-9(4)18-13(14-11)15-7(2)6-10(8(15)3)12(16)17/h6H,5H2,1-4H3,(H,16,17). The van der Waals surface area contributed by atoms with Crippen LogP contribution in [0.2, 0.25) is 0 Å². The number of carbonyl (C=O) groups is 1. The molecule has 0 atom stereocenters. The van der Waals surface area contributed by atoms with E-state index in [2.05, 4.69) is 11.9 Å². The zero-order valence-electron chi connectivity index (χ0n) is 10.9. The van der Waals surface area contributed by atoms with E-state index in [-0.39, 0.29) is 0 Å². The van der Waals surface area contributed by atoms with Crippen LogP contribution in [0.15, 0.2) is 6.07 Å². The maximum atomic E-state index is 11.1. The fourth-order valence-corrected chi connectivity index (χ4v) is 3.22. The third-order valence-electron chi connectivity index (χ3n) is 3.07. The van der Waals surface area contributed by atoms with E-state index in [0.29, 0.717) is 5.56 Å². The molecule has 0 aliphatic heterocycles. The van der Waals surface area contributed by atoms with Crippen molar-refractivity contribution in [2.75, 3.05) is 0 Å². The van der Waals surface area contributed by atoms with Crippen LogP contribution in [0.5, 0.6) is 0 Å². The summed E-state index contributed by atoms with van der Waals surface area (Å²) in [6.45, 7) is 7.84. The van der Waals surface area contributed by atoms with E-state index in [1.54, 1.807) is 17.4 Å². The first kappa shape index (κ1) is 12.8. The number of carboxylic acid groups (broad SMARTS) is 1. The second-order valence-electron chi connectivity index (χ2n) is 4.28. The van der Waals surface area contributed by atoms with Gasteiger partial charge in [-0.2, -0.15) is 0 Å². The van der Waals surface area contributed by atoms with Gasteiger partial charge in [0, 0.05) is 16.3 Å². The molecule has 2 aromatic heterocycles. The molecule has 0 unspecified atom stereocenters. The molecule has 1 N–H and O–H groups in total. The molecule has 2 aromatic rings. The van der Waals surface area contributed by atoms with E-state index in [9.17, 15) is 4.79 Å². The molecule has 0 saturated heterocycles. The minimum Gasteiger partial charge on any atom is -0.478 e. The van der Waals surface area contributed by atoms with E-state index < -0.39 is 5.97 Å². The number of hydrogen-bond donors (Lipinski definition) is 1. The van der Waals surface area contributed by atoms with E-state index in [1.807, 2.05) is 25.3 Å². The van der Waals surface area contributed by atoms with Gasteiger partial charge in [0.1, 0.15) is 0 Å². The summed E-state index contributed by atoms with van der Waals surface area (Å²) in [7, 11) is 0. The van der Waals surface area contributed by atoms with Crippen molar-refractivity contribution in [1.29, 1.82) is 0 Å². The van der Waals surface area contributed by atoms with Gasteiger partial charge in [-0.25, -0.2) is 9.78 Å². The lowest BCUT2D eigenvalue weighted by Crippen LogP contribution is -2.02. The minimum absolute atomic E-state index is 0.346. The molecule has 0 amide bonds. The summed E-state index contributed by atoms with van der Waals surface area (Å²) >= 11 is 1.60. The maximum absolute atomic E-state index is 11.1. The van der Waals surface area contributed by atoms with Crippen LogP contribution < -0.4 is 0 Å². The van der Waals surface area contributed by atoms with E-state index >= 15 is 0 Å². The molecule has 0 aliphatic rings. The van der Waals surface area contributed by atoms with Gasteiger partial charge in [0.25, 0.3) is 0 Å². The lowest BCUT2D eigenvalue weighted by molar-refractivity contribution is 0.0696. The Morgan fingerprint density at radius 1 is 1.44 bits per heavy atom. The van der Waals surface area contributed by atoms with Crippen molar-refractivity contribution in [2.45, 2.75) is 34.1 Å². The van der Waals surface area contributed by atoms with Crippen LogP contribution in [0.1, 0.15) is 39.2 Å². The van der Waals surface area contributed by atoms with Gasteiger partial charge in [0.2, 0.25) is 0 Å². The lowest BCUT2D eigenvalue weighted by atomic mass is 10.2. The van der Waals surface area contributed by atoms with Crippen molar-refractivity contribution in [3.63, 3.8) is 0 Å². The number of hydrogen-bond acceptors (Lipinski definition) is 3. The molecule has 18 heavy (non-hydrogen) atoms. The largest absolute Gasteiger partial charge is 0.478 e. The van der Waals surface area contributed by atoms with Crippen molar-refractivity contribution in [2.24, 2.45) is 0 Å². The Labute approximate surface area is 110 Å². The molecule has 2 rings (SSSR count). The van der Waals surface area contributed by atoms with Crippen LogP contribution in [0.3, 0.4) is 0 Å². The molecule has 0 fully saturated rings. The molecular formula is C13H16N2O2S. The van der Waals surface area contributed by atoms with Crippen molar-refractivity contribution >= 4 is 17.3 Å². The third kappa shape index (κ3) is 1.95. The van der Waals surface area contributed by atoms with Gasteiger partial charge in [-0.05, 0) is 33.3 Å². The van der Waals surface area contributed by atoms with Gasteiger partial charge in [-0.1, -0.05) is 6.92 Å². The number of aryl methyl sites for hydroxylation is 3. The predicted molar refractivity (Wildman–Crippen MR) is 72.0 cm³/mol. The Morgan fingerprint density at radius 3 is 2.56 bits per heavy atom. The number of thiazole rings is 1. The minimum atomic E-state index is -0.890. The molecule has 96 valence electrons. The highest BCUT2D eigenvalue weighted by Gasteiger charge is 2.18. The molecule has 4 nitrogen and oxygen atoms in total. The summed E-state index contributed by atoms with van der Waals surface area (Å²) < 4.78 is 1.92. The Hall–Kier alpha value is -1.62. The molecule has 0 radical (unpaired) electrons. The number of rotatable bonds is 3. The predicted octanol–water partition coefficient (Wildman–Crippen LogP) is 3.12. The maximum Gasteiger partial charge on any atom is 0.337 e. The van der Waals surface area contributed by atoms with Gasteiger partial charge in [-0.15, -0.1) is 11.3 Å². The first-order chi connectivity index (χ1) is 8.45. The van der Waals surface area contributed by atoms with Crippen molar-refractivity contribution < 1.29 is 9.90 Å². The van der Waals surface area contributed by atoms with Gasteiger partial charge < -0.3 is 5.11 Å². The Kier molecular flexibility index (Phi) is 3.26. The molecular weight excluding hydrogens is 248 g/mol. The molecule has 0 spiro atoms.